The molecule has 0 bridgehead atoms. The Balaban J connectivity index is 1.77. The number of hydrogen-bond acceptors (Lipinski definition) is 6. The Bertz CT molecular complexity index is 854. The van der Waals surface area contributed by atoms with Gasteiger partial charge in [-0.15, -0.1) is 11.3 Å². The van der Waals surface area contributed by atoms with E-state index in [1.807, 2.05) is 0 Å². The van der Waals surface area contributed by atoms with Gasteiger partial charge in [0.2, 0.25) is 0 Å². The van der Waals surface area contributed by atoms with Gasteiger partial charge in [0.05, 0.1) is 25.7 Å². The van der Waals surface area contributed by atoms with Gasteiger partial charge in [-0.3, -0.25) is 14.4 Å². The quantitative estimate of drug-likeness (QED) is 0.509. The predicted octanol–water partition coefficient (Wildman–Crippen LogP) is 4.56. The first-order valence-electron chi connectivity index (χ1n) is 7.32. The molecule has 10 heteroatoms. The van der Waals surface area contributed by atoms with Crippen molar-refractivity contribution in [3.8, 4) is 0 Å². The number of thiophene rings is 1. The highest BCUT2D eigenvalue weighted by atomic mass is 35.5. The van der Waals surface area contributed by atoms with Crippen molar-refractivity contribution in [1.29, 1.82) is 0 Å². The number of carbonyl (C=O) groups is 3. The summed E-state index contributed by atoms with van der Waals surface area (Å²) in [7, 11) is 0. The molecular formula is C16H13Cl3N2O4S. The summed E-state index contributed by atoms with van der Waals surface area (Å²) in [6.07, 6.45) is 1.19. The van der Waals surface area contributed by atoms with Crippen molar-refractivity contribution in [2.75, 3.05) is 11.9 Å². The number of carbonyl (C=O) groups excluding carboxylic acids is 3. The first kappa shape index (κ1) is 20.6. The lowest BCUT2D eigenvalue weighted by Gasteiger charge is -2.09. The smallest absolute Gasteiger partial charge is 0.306 e. The summed E-state index contributed by atoms with van der Waals surface area (Å²) in [5.41, 5.74) is 0.572. The van der Waals surface area contributed by atoms with Crippen LogP contribution in [0.1, 0.15) is 28.1 Å². The minimum atomic E-state index is -0.664. The average molecular weight is 436 g/mol. The van der Waals surface area contributed by atoms with Crippen LogP contribution >= 0.6 is 46.1 Å². The Labute approximate surface area is 168 Å². The van der Waals surface area contributed by atoms with E-state index in [9.17, 15) is 14.4 Å². The fourth-order valence-corrected chi connectivity index (χ4v) is 3.23. The molecule has 0 saturated heterocycles. The second-order valence-corrected chi connectivity index (χ2v) is 7.63. The highest BCUT2D eigenvalue weighted by Gasteiger charge is 2.15. The molecule has 0 radical (unpaired) electrons. The molecule has 138 valence electrons. The zero-order valence-corrected chi connectivity index (χ0v) is 16.6. The Morgan fingerprint density at radius 1 is 1.19 bits per heavy atom. The number of anilines is 1. The minimum absolute atomic E-state index is 0.0267. The number of halogens is 3. The van der Waals surface area contributed by atoms with Crippen molar-refractivity contribution in [1.82, 2.24) is 4.98 Å². The van der Waals surface area contributed by atoms with E-state index in [1.165, 1.54) is 6.20 Å². The summed E-state index contributed by atoms with van der Waals surface area (Å²) in [5.74, 6) is -1.36. The molecule has 0 saturated carbocycles. The average Bonchev–Trinajstić information content (AvgIpc) is 3.05. The third-order valence-electron chi connectivity index (χ3n) is 3.23. The van der Waals surface area contributed by atoms with Gasteiger partial charge in [-0.05, 0) is 24.6 Å². The van der Waals surface area contributed by atoms with Gasteiger partial charge in [-0.25, -0.2) is 4.98 Å². The molecule has 2 heterocycles. The monoisotopic (exact) mass is 434 g/mol. The maximum atomic E-state index is 11.9. The summed E-state index contributed by atoms with van der Waals surface area (Å²) in [4.78, 5) is 39.7. The molecule has 1 N–H and O–H groups in total. The van der Waals surface area contributed by atoms with E-state index in [4.69, 9.17) is 39.5 Å². The predicted molar refractivity (Wildman–Crippen MR) is 101 cm³/mol. The Hall–Kier alpha value is -1.67. The van der Waals surface area contributed by atoms with E-state index in [2.05, 4.69) is 10.3 Å². The van der Waals surface area contributed by atoms with Crippen LogP contribution in [0.2, 0.25) is 14.4 Å². The van der Waals surface area contributed by atoms with Crippen molar-refractivity contribution in [2.24, 2.45) is 0 Å². The lowest BCUT2D eigenvalue weighted by Crippen LogP contribution is -2.22. The van der Waals surface area contributed by atoms with Crippen LogP contribution in [0.3, 0.4) is 0 Å². The number of nitrogens with zero attached hydrogens (tertiary/aromatic N) is 1. The van der Waals surface area contributed by atoms with Crippen LogP contribution in [-0.4, -0.2) is 29.3 Å². The molecule has 26 heavy (non-hydrogen) atoms. The van der Waals surface area contributed by atoms with Gasteiger partial charge in [0.1, 0.15) is 0 Å². The fourth-order valence-electron chi connectivity index (χ4n) is 1.83. The molecule has 0 atom stereocenters. The summed E-state index contributed by atoms with van der Waals surface area (Å²) in [6.45, 7) is 1.16. The molecule has 6 nitrogen and oxygen atoms in total. The van der Waals surface area contributed by atoms with Crippen molar-refractivity contribution in [3.05, 3.63) is 43.2 Å². The van der Waals surface area contributed by atoms with Gasteiger partial charge in [0.15, 0.2) is 18.2 Å². The van der Waals surface area contributed by atoms with E-state index in [-0.39, 0.29) is 29.5 Å². The third kappa shape index (κ3) is 5.67. The molecule has 0 aromatic carbocycles. The normalized spacial score (nSPS) is 10.5. The van der Waals surface area contributed by atoms with E-state index in [0.29, 0.717) is 19.8 Å². The molecule has 2 aromatic heterocycles. The van der Waals surface area contributed by atoms with Crippen LogP contribution in [0.4, 0.5) is 5.82 Å². The first-order chi connectivity index (χ1) is 12.3. The Morgan fingerprint density at radius 3 is 2.58 bits per heavy atom. The first-order valence-corrected chi connectivity index (χ1v) is 9.27. The number of ketones is 1. The van der Waals surface area contributed by atoms with E-state index in [1.54, 1.807) is 19.1 Å². The molecule has 0 fully saturated rings. The van der Waals surface area contributed by atoms with Crippen LogP contribution < -0.4 is 5.32 Å². The van der Waals surface area contributed by atoms with E-state index in [0.717, 1.165) is 11.3 Å². The van der Waals surface area contributed by atoms with Crippen LogP contribution in [-0.2, 0) is 14.3 Å². The van der Waals surface area contributed by atoms with Gasteiger partial charge in [-0.1, -0.05) is 34.8 Å². The number of aromatic nitrogens is 1. The highest BCUT2D eigenvalue weighted by molar-refractivity contribution is 7.18. The summed E-state index contributed by atoms with van der Waals surface area (Å²) in [5, 5.41) is 3.01. The number of ether oxygens (including phenoxy) is 1. The maximum Gasteiger partial charge on any atom is 0.306 e. The lowest BCUT2D eigenvalue weighted by molar-refractivity contribution is -0.147. The van der Waals surface area contributed by atoms with Gasteiger partial charge < -0.3 is 10.1 Å². The molecule has 0 aliphatic rings. The molecule has 2 rings (SSSR count). The van der Waals surface area contributed by atoms with Gasteiger partial charge >= 0.3 is 5.97 Å². The van der Waals surface area contributed by atoms with Gasteiger partial charge in [0, 0.05) is 12.6 Å². The Kier molecular flexibility index (Phi) is 7.40. The number of esters is 1. The molecule has 0 unspecified atom stereocenters. The van der Waals surface area contributed by atoms with Crippen LogP contribution in [0.15, 0.2) is 18.3 Å². The van der Waals surface area contributed by atoms with Crippen molar-refractivity contribution in [3.63, 3.8) is 0 Å². The number of rotatable bonds is 7. The van der Waals surface area contributed by atoms with Gasteiger partial charge in [-0.2, -0.15) is 0 Å². The van der Waals surface area contributed by atoms with Crippen molar-refractivity contribution >= 4 is 69.6 Å². The standard InChI is InChI=1S/C16H13Cl3N2O4S/c1-8-9(17)6-20-16(15(8)19)21-13(23)7-25-14(24)5-2-10(22)11-3-4-12(18)26-11/h3-4,6H,2,5,7H2,1H3,(H,20,21,23). The highest BCUT2D eigenvalue weighted by Crippen LogP contribution is 2.28. The summed E-state index contributed by atoms with van der Waals surface area (Å²) < 4.78 is 5.34. The Morgan fingerprint density at radius 2 is 1.92 bits per heavy atom. The molecule has 0 aliphatic heterocycles. The second kappa shape index (κ2) is 9.32. The third-order valence-corrected chi connectivity index (χ3v) is 5.34. The SMILES string of the molecule is Cc1c(Cl)cnc(NC(=O)COC(=O)CCC(=O)c2ccc(Cl)s2)c1Cl. The number of Topliss-reactive ketones (excluding diaryl/α,β-unsaturated/α-hetero) is 1. The summed E-state index contributed by atoms with van der Waals surface area (Å²) >= 11 is 18.8. The zero-order chi connectivity index (χ0) is 19.3. The number of nitrogens with one attached hydrogen (secondary N) is 1. The van der Waals surface area contributed by atoms with Crippen molar-refractivity contribution < 1.29 is 19.1 Å². The largest absolute Gasteiger partial charge is 0.456 e. The van der Waals surface area contributed by atoms with Crippen LogP contribution in [0, 0.1) is 6.92 Å². The van der Waals surface area contributed by atoms with Crippen molar-refractivity contribution in [2.45, 2.75) is 19.8 Å². The fraction of sp³-hybridized carbons (Fsp3) is 0.250. The number of amides is 1. The number of hydrogen-bond donors (Lipinski definition) is 1. The zero-order valence-electron chi connectivity index (χ0n) is 13.5. The molecular weight excluding hydrogens is 423 g/mol. The molecule has 0 aliphatic carbocycles. The van der Waals surface area contributed by atoms with Crippen LogP contribution in [0.5, 0.6) is 0 Å². The second-order valence-electron chi connectivity index (χ2n) is 5.13. The topological polar surface area (TPSA) is 85.4 Å². The lowest BCUT2D eigenvalue weighted by atomic mass is 10.2. The summed E-state index contributed by atoms with van der Waals surface area (Å²) in [6, 6.07) is 3.21. The molecule has 0 spiro atoms. The van der Waals surface area contributed by atoms with E-state index < -0.39 is 18.5 Å². The number of pyridine rings is 1. The maximum absolute atomic E-state index is 11.9. The van der Waals surface area contributed by atoms with Gasteiger partial charge in [0.25, 0.3) is 5.91 Å². The minimum Gasteiger partial charge on any atom is -0.456 e. The van der Waals surface area contributed by atoms with E-state index >= 15 is 0 Å². The molecule has 1 amide bonds. The van der Waals surface area contributed by atoms with Crippen LogP contribution in [0.25, 0.3) is 0 Å². The molecule has 2 aromatic rings.